The summed E-state index contributed by atoms with van der Waals surface area (Å²) in [6.07, 6.45) is 0. The third-order valence-corrected chi connectivity index (χ3v) is 1.63. The van der Waals surface area contributed by atoms with E-state index in [0.29, 0.717) is 13.2 Å². The Kier molecular flexibility index (Phi) is 4.99. The smallest absolute Gasteiger partial charge is 0.119 e. The molecule has 4 heteroatoms. The molecule has 78 valence electrons. The van der Waals surface area contributed by atoms with Crippen molar-refractivity contribution < 1.29 is 14.4 Å². The second-order valence-corrected chi connectivity index (χ2v) is 2.62. The van der Waals surface area contributed by atoms with E-state index in [1.165, 1.54) is 12.3 Å². The van der Waals surface area contributed by atoms with Crippen LogP contribution in [0.5, 0.6) is 5.75 Å². The lowest BCUT2D eigenvalue weighted by molar-refractivity contribution is -0.341. The Hall–Kier alpha value is -1.10. The molecule has 0 aliphatic rings. The predicted octanol–water partition coefficient (Wildman–Crippen LogP) is 1.49. The zero-order valence-corrected chi connectivity index (χ0v) is 8.47. The summed E-state index contributed by atoms with van der Waals surface area (Å²) in [5.74, 6) is 0.844. The van der Waals surface area contributed by atoms with Crippen molar-refractivity contribution in [1.82, 2.24) is 5.23 Å². The van der Waals surface area contributed by atoms with Gasteiger partial charge in [0.1, 0.15) is 19.0 Å². The van der Waals surface area contributed by atoms with Crippen LogP contribution < -0.4 is 4.74 Å². The summed E-state index contributed by atoms with van der Waals surface area (Å²) in [7, 11) is 3.22. The standard InChI is InChI=1S/C10H15NO3/c1-11(12-2)14-9-8-13-10-6-4-3-5-7-10/h3-7H,8-9H2,1-2H3. The van der Waals surface area contributed by atoms with Gasteiger partial charge in [-0.2, -0.15) is 0 Å². The number of benzene rings is 1. The van der Waals surface area contributed by atoms with Crippen LogP contribution in [0.4, 0.5) is 0 Å². The molecule has 0 saturated heterocycles. The fourth-order valence-electron chi connectivity index (χ4n) is 0.895. The number of hydrogen-bond acceptors (Lipinski definition) is 4. The minimum absolute atomic E-state index is 0.458. The molecule has 0 unspecified atom stereocenters. The number of rotatable bonds is 6. The highest BCUT2D eigenvalue weighted by Crippen LogP contribution is 2.07. The lowest BCUT2D eigenvalue weighted by Gasteiger charge is -2.13. The van der Waals surface area contributed by atoms with E-state index in [9.17, 15) is 0 Å². The molecule has 4 nitrogen and oxygen atoms in total. The highest BCUT2D eigenvalue weighted by molar-refractivity contribution is 5.20. The van der Waals surface area contributed by atoms with Gasteiger partial charge < -0.3 is 4.74 Å². The maximum absolute atomic E-state index is 5.39. The Morgan fingerprint density at radius 2 is 1.86 bits per heavy atom. The number of nitrogens with zero attached hydrogens (tertiary/aromatic N) is 1. The first-order valence-electron chi connectivity index (χ1n) is 4.41. The van der Waals surface area contributed by atoms with Gasteiger partial charge in [0.25, 0.3) is 0 Å². The molecule has 0 heterocycles. The number of hydroxylamine groups is 2. The molecule has 0 atom stereocenters. The lowest BCUT2D eigenvalue weighted by atomic mass is 10.3. The van der Waals surface area contributed by atoms with Gasteiger partial charge in [0.05, 0.1) is 7.11 Å². The van der Waals surface area contributed by atoms with Gasteiger partial charge in [-0.25, -0.2) is 0 Å². The minimum Gasteiger partial charge on any atom is -0.491 e. The number of ether oxygens (including phenoxy) is 1. The van der Waals surface area contributed by atoms with Gasteiger partial charge in [-0.05, 0) is 12.1 Å². The van der Waals surface area contributed by atoms with E-state index >= 15 is 0 Å². The van der Waals surface area contributed by atoms with Crippen molar-refractivity contribution in [3.05, 3.63) is 30.3 Å². The van der Waals surface area contributed by atoms with Crippen molar-refractivity contribution >= 4 is 0 Å². The molecule has 0 amide bonds. The number of hydrogen-bond donors (Lipinski definition) is 0. The van der Waals surface area contributed by atoms with E-state index in [0.717, 1.165) is 5.75 Å². The van der Waals surface area contributed by atoms with Gasteiger partial charge >= 0.3 is 0 Å². The predicted molar refractivity (Wildman–Crippen MR) is 52.7 cm³/mol. The van der Waals surface area contributed by atoms with Crippen LogP contribution in [-0.4, -0.2) is 32.6 Å². The van der Waals surface area contributed by atoms with Crippen molar-refractivity contribution in [2.45, 2.75) is 0 Å². The summed E-state index contributed by atoms with van der Waals surface area (Å²) in [6, 6.07) is 9.61. The highest BCUT2D eigenvalue weighted by Gasteiger charge is 1.95. The van der Waals surface area contributed by atoms with Gasteiger partial charge in [-0.3, -0.25) is 9.68 Å². The Labute approximate surface area is 83.9 Å². The van der Waals surface area contributed by atoms with E-state index in [1.807, 2.05) is 30.3 Å². The Balaban J connectivity index is 2.10. The second-order valence-electron chi connectivity index (χ2n) is 2.62. The maximum Gasteiger partial charge on any atom is 0.119 e. The first-order chi connectivity index (χ1) is 6.83. The van der Waals surface area contributed by atoms with Crippen molar-refractivity contribution in [2.24, 2.45) is 0 Å². The van der Waals surface area contributed by atoms with E-state index in [4.69, 9.17) is 14.4 Å². The molecular formula is C10H15NO3. The minimum atomic E-state index is 0.458. The van der Waals surface area contributed by atoms with Gasteiger partial charge in [-0.15, -0.1) is 0 Å². The molecule has 0 bridgehead atoms. The van der Waals surface area contributed by atoms with E-state index < -0.39 is 0 Å². The molecule has 0 spiro atoms. The van der Waals surface area contributed by atoms with Crippen LogP contribution >= 0.6 is 0 Å². The molecule has 1 aromatic carbocycles. The summed E-state index contributed by atoms with van der Waals surface area (Å²) < 4.78 is 5.39. The molecule has 0 saturated carbocycles. The summed E-state index contributed by atoms with van der Waals surface area (Å²) in [6.45, 7) is 0.955. The summed E-state index contributed by atoms with van der Waals surface area (Å²) in [4.78, 5) is 9.86. The van der Waals surface area contributed by atoms with Crippen molar-refractivity contribution in [2.75, 3.05) is 27.4 Å². The van der Waals surface area contributed by atoms with Crippen LogP contribution in [0.1, 0.15) is 0 Å². The largest absolute Gasteiger partial charge is 0.491 e. The summed E-state index contributed by atoms with van der Waals surface area (Å²) in [5, 5.41) is 1.29. The van der Waals surface area contributed by atoms with Gasteiger partial charge in [0.2, 0.25) is 0 Å². The van der Waals surface area contributed by atoms with Gasteiger partial charge in [0.15, 0.2) is 0 Å². The molecule has 0 radical (unpaired) electrons. The van der Waals surface area contributed by atoms with Crippen LogP contribution in [0.3, 0.4) is 0 Å². The zero-order chi connectivity index (χ0) is 10.2. The SMILES string of the molecule is CON(C)OCCOc1ccccc1. The fourth-order valence-corrected chi connectivity index (χ4v) is 0.895. The monoisotopic (exact) mass is 197 g/mol. The van der Waals surface area contributed by atoms with Gasteiger partial charge in [0, 0.05) is 7.05 Å². The van der Waals surface area contributed by atoms with E-state index in [-0.39, 0.29) is 0 Å². The third-order valence-electron chi connectivity index (χ3n) is 1.63. The summed E-state index contributed by atoms with van der Waals surface area (Å²) in [5.41, 5.74) is 0. The van der Waals surface area contributed by atoms with Crippen LogP contribution in [-0.2, 0) is 9.68 Å². The topological polar surface area (TPSA) is 30.9 Å². The molecule has 0 aliphatic carbocycles. The molecule has 14 heavy (non-hydrogen) atoms. The molecule has 0 fully saturated rings. The van der Waals surface area contributed by atoms with E-state index in [1.54, 1.807) is 7.05 Å². The van der Waals surface area contributed by atoms with Crippen LogP contribution in [0.25, 0.3) is 0 Å². The Morgan fingerprint density at radius 3 is 2.50 bits per heavy atom. The highest BCUT2D eigenvalue weighted by atomic mass is 16.9. The molecule has 0 aliphatic heterocycles. The zero-order valence-electron chi connectivity index (χ0n) is 8.47. The quantitative estimate of drug-likeness (QED) is 0.510. The molecule has 0 N–H and O–H groups in total. The normalized spacial score (nSPS) is 10.5. The fraction of sp³-hybridized carbons (Fsp3) is 0.400. The first-order valence-corrected chi connectivity index (χ1v) is 4.41. The second kappa shape index (κ2) is 6.37. The van der Waals surface area contributed by atoms with E-state index in [2.05, 4.69) is 0 Å². The lowest BCUT2D eigenvalue weighted by Crippen LogP contribution is -2.20. The van der Waals surface area contributed by atoms with Crippen molar-refractivity contribution in [3.8, 4) is 5.75 Å². The average molecular weight is 197 g/mol. The first kappa shape index (κ1) is 11.0. The van der Waals surface area contributed by atoms with Crippen molar-refractivity contribution in [1.29, 1.82) is 0 Å². The molecule has 1 aromatic rings. The molecule has 0 aromatic heterocycles. The molecule has 1 rings (SSSR count). The summed E-state index contributed by atoms with van der Waals surface area (Å²) >= 11 is 0. The third kappa shape index (κ3) is 4.23. The Morgan fingerprint density at radius 1 is 1.14 bits per heavy atom. The molecular weight excluding hydrogens is 182 g/mol. The van der Waals surface area contributed by atoms with Gasteiger partial charge in [-0.1, -0.05) is 23.4 Å². The van der Waals surface area contributed by atoms with Crippen LogP contribution in [0, 0.1) is 0 Å². The average Bonchev–Trinajstić information content (AvgIpc) is 2.25. The van der Waals surface area contributed by atoms with Crippen molar-refractivity contribution in [3.63, 3.8) is 0 Å². The Bertz CT molecular complexity index is 240. The number of para-hydroxylation sites is 1. The van der Waals surface area contributed by atoms with Crippen LogP contribution in [0.2, 0.25) is 0 Å². The van der Waals surface area contributed by atoms with Crippen LogP contribution in [0.15, 0.2) is 30.3 Å². The maximum atomic E-state index is 5.39.